The number of rotatable bonds is 1. The molecule has 2 aliphatic rings. The Morgan fingerprint density at radius 3 is 1.81 bits per heavy atom. The van der Waals surface area contributed by atoms with E-state index >= 15 is 0 Å². The molecule has 0 unspecified atom stereocenters. The predicted octanol–water partition coefficient (Wildman–Crippen LogP) is 5.26. The predicted molar refractivity (Wildman–Crippen MR) is 71.4 cm³/mol. The van der Waals surface area contributed by atoms with Gasteiger partial charge in [-0.1, -0.05) is 56.4 Å². The van der Waals surface area contributed by atoms with Crippen molar-refractivity contribution in [2.45, 2.75) is 64.2 Å². The topological polar surface area (TPSA) is 0 Å². The molecule has 90 valence electrons. The lowest BCUT2D eigenvalue weighted by Crippen LogP contribution is -2.13. The molecule has 2 rings (SSSR count). The number of allylic oxidation sites excluding steroid dienone is 4. The molecule has 1 saturated carbocycles. The van der Waals surface area contributed by atoms with Crippen molar-refractivity contribution in [1.29, 1.82) is 0 Å². The van der Waals surface area contributed by atoms with Crippen LogP contribution in [0.25, 0.3) is 0 Å². The minimum Gasteiger partial charge on any atom is -0.0879 e. The van der Waals surface area contributed by atoms with Crippen LogP contribution in [-0.4, -0.2) is 0 Å². The fourth-order valence-corrected chi connectivity index (χ4v) is 3.11. The minimum atomic E-state index is 0.749. The smallest absolute Gasteiger partial charge is 0.00252 e. The molecule has 0 saturated heterocycles. The van der Waals surface area contributed by atoms with Gasteiger partial charge in [0.15, 0.2) is 0 Å². The zero-order valence-electron chi connectivity index (χ0n) is 10.5. The summed E-state index contributed by atoms with van der Waals surface area (Å²) in [5.41, 5.74) is 0. The van der Waals surface area contributed by atoms with Crippen LogP contribution in [0.3, 0.4) is 0 Å². The second-order valence-electron chi connectivity index (χ2n) is 5.47. The standard InChI is InChI=1S/C16H26/c1-3-7-11-15(12-8-4-1)16-13-9-5-2-6-10-14-16/h7-8,11-12,15-16H,1-6,9-10,13-14H2/b11-7-,12-8-. The summed E-state index contributed by atoms with van der Waals surface area (Å²) in [4.78, 5) is 0. The van der Waals surface area contributed by atoms with Gasteiger partial charge in [-0.25, -0.2) is 0 Å². The highest BCUT2D eigenvalue weighted by Gasteiger charge is 2.18. The van der Waals surface area contributed by atoms with Crippen LogP contribution in [0.5, 0.6) is 0 Å². The molecule has 0 aromatic rings. The van der Waals surface area contributed by atoms with Crippen LogP contribution >= 0.6 is 0 Å². The van der Waals surface area contributed by atoms with Crippen molar-refractivity contribution in [2.24, 2.45) is 11.8 Å². The van der Waals surface area contributed by atoms with Gasteiger partial charge >= 0.3 is 0 Å². The van der Waals surface area contributed by atoms with Crippen molar-refractivity contribution < 1.29 is 0 Å². The van der Waals surface area contributed by atoms with Gasteiger partial charge < -0.3 is 0 Å². The van der Waals surface area contributed by atoms with Gasteiger partial charge in [-0.2, -0.15) is 0 Å². The van der Waals surface area contributed by atoms with Crippen LogP contribution in [0.15, 0.2) is 24.3 Å². The third kappa shape index (κ3) is 3.81. The summed E-state index contributed by atoms with van der Waals surface area (Å²) in [5.74, 6) is 1.68. The molecule has 0 aliphatic heterocycles. The van der Waals surface area contributed by atoms with Crippen LogP contribution in [-0.2, 0) is 0 Å². The van der Waals surface area contributed by atoms with Crippen LogP contribution in [0.4, 0.5) is 0 Å². The Labute approximate surface area is 101 Å². The quantitative estimate of drug-likeness (QED) is 0.527. The van der Waals surface area contributed by atoms with Crippen molar-refractivity contribution >= 4 is 0 Å². The van der Waals surface area contributed by atoms with Crippen molar-refractivity contribution in [3.05, 3.63) is 24.3 Å². The molecule has 0 bridgehead atoms. The molecule has 0 heterocycles. The largest absolute Gasteiger partial charge is 0.0879 e. The van der Waals surface area contributed by atoms with E-state index in [0.29, 0.717) is 0 Å². The monoisotopic (exact) mass is 218 g/mol. The highest BCUT2D eigenvalue weighted by molar-refractivity contribution is 5.05. The summed E-state index contributed by atoms with van der Waals surface area (Å²) in [6.07, 6.45) is 24.0. The van der Waals surface area contributed by atoms with Crippen molar-refractivity contribution in [2.75, 3.05) is 0 Å². The van der Waals surface area contributed by atoms with Gasteiger partial charge in [-0.3, -0.25) is 0 Å². The number of hydrogen-bond donors (Lipinski definition) is 0. The maximum atomic E-state index is 2.49. The highest BCUT2D eigenvalue weighted by Crippen LogP contribution is 2.30. The molecule has 2 aliphatic carbocycles. The van der Waals surface area contributed by atoms with Crippen LogP contribution in [0, 0.1) is 11.8 Å². The average Bonchev–Trinajstić information content (AvgIpc) is 2.18. The zero-order valence-corrected chi connectivity index (χ0v) is 10.5. The van der Waals surface area contributed by atoms with E-state index in [1.54, 1.807) is 0 Å². The first kappa shape index (κ1) is 12.0. The maximum absolute atomic E-state index is 2.49. The van der Waals surface area contributed by atoms with E-state index in [2.05, 4.69) is 24.3 Å². The molecule has 0 spiro atoms. The van der Waals surface area contributed by atoms with E-state index in [9.17, 15) is 0 Å². The Morgan fingerprint density at radius 1 is 0.625 bits per heavy atom. The molecule has 0 N–H and O–H groups in total. The Kier molecular flexibility index (Phi) is 5.18. The Balaban J connectivity index is 1.93. The van der Waals surface area contributed by atoms with E-state index in [4.69, 9.17) is 0 Å². The van der Waals surface area contributed by atoms with E-state index in [1.165, 1.54) is 64.2 Å². The summed E-state index contributed by atoms with van der Waals surface area (Å²) >= 11 is 0. The van der Waals surface area contributed by atoms with E-state index in [-0.39, 0.29) is 0 Å². The summed E-state index contributed by atoms with van der Waals surface area (Å²) in [6, 6.07) is 0. The molecule has 0 amide bonds. The minimum absolute atomic E-state index is 0.749. The second kappa shape index (κ2) is 6.93. The third-order valence-corrected chi connectivity index (χ3v) is 4.15. The van der Waals surface area contributed by atoms with Gasteiger partial charge in [0.2, 0.25) is 0 Å². The van der Waals surface area contributed by atoms with Gasteiger partial charge in [0.25, 0.3) is 0 Å². The molecule has 16 heavy (non-hydrogen) atoms. The van der Waals surface area contributed by atoms with E-state index in [1.807, 2.05) is 0 Å². The molecule has 0 nitrogen and oxygen atoms in total. The normalized spacial score (nSPS) is 29.8. The lowest BCUT2D eigenvalue weighted by Gasteiger charge is -2.25. The molecular weight excluding hydrogens is 192 g/mol. The first-order valence-electron chi connectivity index (χ1n) is 7.30. The summed E-state index contributed by atoms with van der Waals surface area (Å²) in [6.45, 7) is 0. The Hall–Kier alpha value is -0.520. The molecule has 0 atom stereocenters. The molecule has 1 fully saturated rings. The van der Waals surface area contributed by atoms with Gasteiger partial charge in [0.05, 0.1) is 0 Å². The third-order valence-electron chi connectivity index (χ3n) is 4.15. The average molecular weight is 218 g/mol. The van der Waals surface area contributed by atoms with Gasteiger partial charge in [-0.05, 0) is 43.9 Å². The molecule has 0 aromatic heterocycles. The Bertz CT molecular complexity index is 214. The molecular formula is C16H26. The summed E-state index contributed by atoms with van der Waals surface area (Å²) in [7, 11) is 0. The molecule has 0 aromatic carbocycles. The van der Waals surface area contributed by atoms with Gasteiger partial charge in [0, 0.05) is 0 Å². The van der Waals surface area contributed by atoms with Crippen LogP contribution in [0.1, 0.15) is 64.2 Å². The highest BCUT2D eigenvalue weighted by atomic mass is 14.2. The first-order chi connectivity index (χ1) is 7.97. The fourth-order valence-electron chi connectivity index (χ4n) is 3.11. The Morgan fingerprint density at radius 2 is 1.19 bits per heavy atom. The maximum Gasteiger partial charge on any atom is -0.00252 e. The second-order valence-corrected chi connectivity index (χ2v) is 5.47. The zero-order chi connectivity index (χ0) is 11.1. The van der Waals surface area contributed by atoms with Crippen LogP contribution < -0.4 is 0 Å². The van der Waals surface area contributed by atoms with Gasteiger partial charge in [-0.15, -0.1) is 0 Å². The number of hydrogen-bond acceptors (Lipinski definition) is 0. The van der Waals surface area contributed by atoms with E-state index in [0.717, 1.165) is 11.8 Å². The molecule has 0 radical (unpaired) electrons. The van der Waals surface area contributed by atoms with Crippen LogP contribution in [0.2, 0.25) is 0 Å². The van der Waals surface area contributed by atoms with Crippen molar-refractivity contribution in [3.8, 4) is 0 Å². The van der Waals surface area contributed by atoms with Crippen molar-refractivity contribution in [3.63, 3.8) is 0 Å². The summed E-state index contributed by atoms with van der Waals surface area (Å²) < 4.78 is 0. The van der Waals surface area contributed by atoms with Gasteiger partial charge in [0.1, 0.15) is 0 Å². The van der Waals surface area contributed by atoms with Crippen molar-refractivity contribution in [1.82, 2.24) is 0 Å². The summed E-state index contributed by atoms with van der Waals surface area (Å²) in [5, 5.41) is 0. The fraction of sp³-hybridized carbons (Fsp3) is 0.750. The lowest BCUT2D eigenvalue weighted by atomic mass is 9.81. The molecule has 0 heteroatoms. The van der Waals surface area contributed by atoms with E-state index < -0.39 is 0 Å². The first-order valence-corrected chi connectivity index (χ1v) is 7.30. The SMILES string of the molecule is C1=C\C(C2CCCCCCC2)/C=C\CCC/1. The lowest BCUT2D eigenvalue weighted by molar-refractivity contribution is 0.337.